The zero-order valence-corrected chi connectivity index (χ0v) is 10.3. The van der Waals surface area contributed by atoms with E-state index < -0.39 is 0 Å². The van der Waals surface area contributed by atoms with Crippen molar-refractivity contribution in [3.8, 4) is 0 Å². The number of hydrogen-bond donors (Lipinski definition) is 2. The van der Waals surface area contributed by atoms with Gasteiger partial charge in [-0.1, -0.05) is 12.1 Å². The van der Waals surface area contributed by atoms with Gasteiger partial charge in [0.2, 0.25) is 0 Å². The molecule has 3 heteroatoms. The molecule has 2 aliphatic heterocycles. The van der Waals surface area contributed by atoms with Gasteiger partial charge in [-0.3, -0.25) is 0 Å². The topological polar surface area (TPSA) is 33.3 Å². The number of aryl methyl sites for hydroxylation is 1. The minimum Gasteiger partial charge on any atom is -0.380 e. The molecule has 3 nitrogen and oxygen atoms in total. The van der Waals surface area contributed by atoms with Gasteiger partial charge < -0.3 is 15.4 Å². The molecule has 2 fully saturated rings. The fourth-order valence-corrected chi connectivity index (χ4v) is 2.93. The third-order valence-corrected chi connectivity index (χ3v) is 3.80. The fraction of sp³-hybridized carbons (Fsp3) is 0.571. The normalized spacial score (nSPS) is 32.2. The van der Waals surface area contributed by atoms with Crippen molar-refractivity contribution < 1.29 is 4.74 Å². The highest BCUT2D eigenvalue weighted by atomic mass is 16.5. The highest BCUT2D eigenvalue weighted by Gasteiger charge is 2.42. The van der Waals surface area contributed by atoms with E-state index in [4.69, 9.17) is 4.74 Å². The molecule has 0 amide bonds. The molecule has 2 saturated heterocycles. The summed E-state index contributed by atoms with van der Waals surface area (Å²) in [6.45, 7) is 5.06. The summed E-state index contributed by atoms with van der Waals surface area (Å²) < 4.78 is 5.99. The summed E-state index contributed by atoms with van der Waals surface area (Å²) in [5.74, 6) is 0. The standard InChI is InChI=1S/C14H20N2O/c1-11-3-2-4-12(7-11)16-13-8-14(17-9-13)5-6-15-10-14/h2-4,7,13,15-16H,5-6,8-10H2,1H3/t13-,14-/m1/s1. The lowest BCUT2D eigenvalue weighted by atomic mass is 9.97. The van der Waals surface area contributed by atoms with E-state index in [1.165, 1.54) is 11.3 Å². The minimum atomic E-state index is 0.113. The fourth-order valence-electron chi connectivity index (χ4n) is 2.93. The van der Waals surface area contributed by atoms with E-state index in [2.05, 4.69) is 41.8 Å². The maximum Gasteiger partial charge on any atom is 0.0839 e. The van der Waals surface area contributed by atoms with E-state index in [0.29, 0.717) is 6.04 Å². The first-order valence-corrected chi connectivity index (χ1v) is 6.44. The Kier molecular flexibility index (Phi) is 2.81. The van der Waals surface area contributed by atoms with Crippen molar-refractivity contribution in [2.75, 3.05) is 25.0 Å². The van der Waals surface area contributed by atoms with E-state index in [-0.39, 0.29) is 5.60 Å². The summed E-state index contributed by atoms with van der Waals surface area (Å²) in [6, 6.07) is 9.00. The monoisotopic (exact) mass is 232 g/mol. The molecule has 2 aliphatic rings. The molecule has 3 rings (SSSR count). The van der Waals surface area contributed by atoms with Crippen LogP contribution < -0.4 is 10.6 Å². The number of ether oxygens (including phenoxy) is 1. The van der Waals surface area contributed by atoms with E-state index in [9.17, 15) is 0 Å². The summed E-state index contributed by atoms with van der Waals surface area (Å²) in [7, 11) is 0. The quantitative estimate of drug-likeness (QED) is 0.817. The molecule has 0 saturated carbocycles. The van der Waals surface area contributed by atoms with E-state index in [1.54, 1.807) is 0 Å². The second-order valence-corrected chi connectivity index (χ2v) is 5.34. The number of anilines is 1. The predicted octanol–water partition coefficient (Wildman–Crippen LogP) is 1.93. The van der Waals surface area contributed by atoms with Gasteiger partial charge in [0.1, 0.15) is 0 Å². The van der Waals surface area contributed by atoms with Crippen molar-refractivity contribution in [3.63, 3.8) is 0 Å². The van der Waals surface area contributed by atoms with Crippen LogP contribution >= 0.6 is 0 Å². The largest absolute Gasteiger partial charge is 0.380 e. The molecule has 1 spiro atoms. The van der Waals surface area contributed by atoms with Crippen molar-refractivity contribution in [2.45, 2.75) is 31.4 Å². The highest BCUT2D eigenvalue weighted by Crippen LogP contribution is 2.32. The van der Waals surface area contributed by atoms with Gasteiger partial charge in [-0.15, -0.1) is 0 Å². The molecule has 92 valence electrons. The Labute approximate surface area is 103 Å². The van der Waals surface area contributed by atoms with Gasteiger partial charge in [-0.2, -0.15) is 0 Å². The lowest BCUT2D eigenvalue weighted by Crippen LogP contribution is -2.31. The summed E-state index contributed by atoms with van der Waals surface area (Å²) >= 11 is 0. The molecular weight excluding hydrogens is 212 g/mol. The number of hydrogen-bond acceptors (Lipinski definition) is 3. The molecule has 0 bridgehead atoms. The lowest BCUT2D eigenvalue weighted by Gasteiger charge is -2.20. The smallest absolute Gasteiger partial charge is 0.0839 e. The van der Waals surface area contributed by atoms with Crippen molar-refractivity contribution in [1.82, 2.24) is 5.32 Å². The van der Waals surface area contributed by atoms with E-state index in [0.717, 1.165) is 32.5 Å². The zero-order valence-electron chi connectivity index (χ0n) is 10.3. The molecular formula is C14H20N2O. The predicted molar refractivity (Wildman–Crippen MR) is 69.4 cm³/mol. The second-order valence-electron chi connectivity index (χ2n) is 5.34. The number of rotatable bonds is 2. The second kappa shape index (κ2) is 4.31. The molecule has 2 heterocycles. The van der Waals surface area contributed by atoms with Crippen LogP contribution in [-0.2, 0) is 4.74 Å². The summed E-state index contributed by atoms with van der Waals surface area (Å²) in [5.41, 5.74) is 2.62. The van der Waals surface area contributed by atoms with Crippen LogP contribution in [0.2, 0.25) is 0 Å². The molecule has 0 unspecified atom stereocenters. The van der Waals surface area contributed by atoms with Crippen LogP contribution in [0.5, 0.6) is 0 Å². The molecule has 2 N–H and O–H groups in total. The van der Waals surface area contributed by atoms with Crippen molar-refractivity contribution in [3.05, 3.63) is 29.8 Å². The SMILES string of the molecule is Cc1cccc(N[C@H]2CO[C@]3(CCNC3)C2)c1. The van der Waals surface area contributed by atoms with Gasteiger partial charge in [0.15, 0.2) is 0 Å². The Balaban J connectivity index is 1.64. The van der Waals surface area contributed by atoms with Gasteiger partial charge in [-0.05, 0) is 37.6 Å². The Morgan fingerprint density at radius 1 is 1.47 bits per heavy atom. The molecule has 0 aliphatic carbocycles. The van der Waals surface area contributed by atoms with Crippen molar-refractivity contribution in [1.29, 1.82) is 0 Å². The van der Waals surface area contributed by atoms with Gasteiger partial charge in [0.25, 0.3) is 0 Å². The van der Waals surface area contributed by atoms with Gasteiger partial charge in [0, 0.05) is 18.7 Å². The molecule has 0 aromatic heterocycles. The van der Waals surface area contributed by atoms with Crippen LogP contribution in [0.3, 0.4) is 0 Å². The van der Waals surface area contributed by atoms with Gasteiger partial charge in [-0.25, -0.2) is 0 Å². The van der Waals surface area contributed by atoms with E-state index in [1.807, 2.05) is 0 Å². The van der Waals surface area contributed by atoms with Crippen molar-refractivity contribution >= 4 is 5.69 Å². The third kappa shape index (κ3) is 2.31. The summed E-state index contributed by atoms with van der Waals surface area (Å²) in [5, 5.41) is 6.98. The highest BCUT2D eigenvalue weighted by molar-refractivity contribution is 5.46. The summed E-state index contributed by atoms with van der Waals surface area (Å²) in [4.78, 5) is 0. The Bertz CT molecular complexity index is 399. The summed E-state index contributed by atoms with van der Waals surface area (Å²) in [6.07, 6.45) is 2.27. The average Bonchev–Trinajstić information content (AvgIpc) is 2.90. The van der Waals surface area contributed by atoms with Crippen LogP contribution in [0, 0.1) is 6.92 Å². The van der Waals surface area contributed by atoms with E-state index >= 15 is 0 Å². The zero-order chi connectivity index (χ0) is 11.7. The first-order valence-electron chi connectivity index (χ1n) is 6.44. The molecule has 0 radical (unpaired) electrons. The number of benzene rings is 1. The van der Waals surface area contributed by atoms with Gasteiger partial charge >= 0.3 is 0 Å². The van der Waals surface area contributed by atoms with Gasteiger partial charge in [0.05, 0.1) is 18.2 Å². The third-order valence-electron chi connectivity index (χ3n) is 3.80. The molecule has 17 heavy (non-hydrogen) atoms. The molecule has 1 aromatic carbocycles. The molecule has 1 aromatic rings. The van der Waals surface area contributed by atoms with Crippen LogP contribution in [0.25, 0.3) is 0 Å². The minimum absolute atomic E-state index is 0.113. The average molecular weight is 232 g/mol. The first-order chi connectivity index (χ1) is 8.26. The van der Waals surface area contributed by atoms with Crippen molar-refractivity contribution in [2.24, 2.45) is 0 Å². The van der Waals surface area contributed by atoms with Crippen LogP contribution in [0.4, 0.5) is 5.69 Å². The Morgan fingerprint density at radius 2 is 2.41 bits per heavy atom. The maximum absolute atomic E-state index is 5.99. The van der Waals surface area contributed by atoms with Crippen LogP contribution in [-0.4, -0.2) is 31.3 Å². The first kappa shape index (κ1) is 11.1. The van der Waals surface area contributed by atoms with Crippen LogP contribution in [0.15, 0.2) is 24.3 Å². The lowest BCUT2D eigenvalue weighted by molar-refractivity contribution is 0.0214. The Hall–Kier alpha value is -1.06. The Morgan fingerprint density at radius 3 is 3.18 bits per heavy atom. The maximum atomic E-state index is 5.99. The van der Waals surface area contributed by atoms with Crippen LogP contribution in [0.1, 0.15) is 18.4 Å². The number of nitrogens with one attached hydrogen (secondary N) is 2. The molecule has 2 atom stereocenters.